The summed E-state index contributed by atoms with van der Waals surface area (Å²) in [5.74, 6) is -0.735. The number of halogens is 1. The van der Waals surface area contributed by atoms with Crippen LogP contribution >= 0.6 is 0 Å². The maximum atomic E-state index is 12.9. The van der Waals surface area contributed by atoms with Crippen LogP contribution in [0.15, 0.2) is 42.5 Å². The van der Waals surface area contributed by atoms with Gasteiger partial charge in [0.25, 0.3) is 11.8 Å². The number of hydrogen-bond donors (Lipinski definition) is 2. The minimum Gasteiger partial charge on any atom is -0.494 e. The molecule has 0 bridgehead atoms. The van der Waals surface area contributed by atoms with E-state index in [9.17, 15) is 14.0 Å². The zero-order chi connectivity index (χ0) is 18.4. The van der Waals surface area contributed by atoms with Gasteiger partial charge in [-0.2, -0.15) is 0 Å². The summed E-state index contributed by atoms with van der Waals surface area (Å²) in [5, 5.41) is 2.60. The van der Waals surface area contributed by atoms with Gasteiger partial charge in [-0.3, -0.25) is 9.59 Å². The predicted molar refractivity (Wildman–Crippen MR) is 91.2 cm³/mol. The number of benzene rings is 2. The molecule has 6 nitrogen and oxygen atoms in total. The summed E-state index contributed by atoms with van der Waals surface area (Å²) in [4.78, 5) is 23.9. The van der Waals surface area contributed by atoms with Crippen molar-refractivity contribution in [2.24, 2.45) is 5.73 Å². The van der Waals surface area contributed by atoms with E-state index in [1.807, 2.05) is 6.92 Å². The van der Waals surface area contributed by atoms with E-state index in [1.165, 1.54) is 43.3 Å². The first-order valence-corrected chi connectivity index (χ1v) is 7.70. The highest BCUT2D eigenvalue weighted by Crippen LogP contribution is 2.22. The van der Waals surface area contributed by atoms with Gasteiger partial charge in [-0.25, -0.2) is 4.39 Å². The number of carbonyl (C=O) groups excluding carboxylic acids is 2. The maximum absolute atomic E-state index is 12.9. The number of amides is 2. The van der Waals surface area contributed by atoms with Crippen molar-refractivity contribution >= 4 is 17.5 Å². The summed E-state index contributed by atoms with van der Waals surface area (Å²) in [6.45, 7) is 3.79. The monoisotopic (exact) mass is 346 g/mol. The summed E-state index contributed by atoms with van der Waals surface area (Å²) in [5.41, 5.74) is 5.75. The number of primary amides is 1. The third-order valence-electron chi connectivity index (χ3n) is 3.32. The first kappa shape index (κ1) is 18.3. The summed E-state index contributed by atoms with van der Waals surface area (Å²) >= 11 is 0. The molecule has 2 aromatic rings. The topological polar surface area (TPSA) is 90.7 Å². The number of nitrogens with two attached hydrogens (primary N) is 1. The van der Waals surface area contributed by atoms with Gasteiger partial charge in [-0.1, -0.05) is 0 Å². The van der Waals surface area contributed by atoms with Crippen LogP contribution in [0.2, 0.25) is 0 Å². The fourth-order valence-corrected chi connectivity index (χ4v) is 2.10. The van der Waals surface area contributed by atoms with E-state index in [2.05, 4.69) is 5.32 Å². The van der Waals surface area contributed by atoms with Crippen LogP contribution in [0.3, 0.4) is 0 Å². The molecule has 25 heavy (non-hydrogen) atoms. The molecule has 0 saturated carbocycles. The Hall–Kier alpha value is -3.09. The van der Waals surface area contributed by atoms with Crippen molar-refractivity contribution in [1.29, 1.82) is 0 Å². The molecule has 2 amide bonds. The molecular weight excluding hydrogens is 327 g/mol. The van der Waals surface area contributed by atoms with Gasteiger partial charge in [0, 0.05) is 0 Å². The van der Waals surface area contributed by atoms with Gasteiger partial charge in [0.1, 0.15) is 17.3 Å². The fraction of sp³-hybridized carbons (Fsp3) is 0.222. The lowest BCUT2D eigenvalue weighted by Gasteiger charge is -2.16. The number of nitrogens with one attached hydrogen (secondary N) is 1. The van der Waals surface area contributed by atoms with Crippen LogP contribution in [0.25, 0.3) is 0 Å². The van der Waals surface area contributed by atoms with Crippen LogP contribution in [0.5, 0.6) is 11.5 Å². The molecule has 0 aliphatic rings. The maximum Gasteiger partial charge on any atom is 0.265 e. The Balaban J connectivity index is 2.10. The molecular formula is C18H19FN2O4. The van der Waals surface area contributed by atoms with Crippen molar-refractivity contribution in [3.8, 4) is 11.5 Å². The number of carbonyl (C=O) groups is 2. The Kier molecular flexibility index (Phi) is 5.94. The molecule has 0 radical (unpaired) electrons. The number of ether oxygens (including phenoxy) is 2. The minimum atomic E-state index is -0.863. The van der Waals surface area contributed by atoms with Gasteiger partial charge < -0.3 is 20.5 Å². The third kappa shape index (κ3) is 4.94. The van der Waals surface area contributed by atoms with E-state index >= 15 is 0 Å². The molecule has 1 atom stereocenters. The molecule has 3 N–H and O–H groups in total. The average Bonchev–Trinajstić information content (AvgIpc) is 2.58. The van der Waals surface area contributed by atoms with Gasteiger partial charge in [0.15, 0.2) is 6.10 Å². The molecule has 0 aliphatic heterocycles. The van der Waals surface area contributed by atoms with Crippen molar-refractivity contribution in [2.75, 3.05) is 11.9 Å². The lowest BCUT2D eigenvalue weighted by molar-refractivity contribution is -0.122. The molecule has 2 aromatic carbocycles. The van der Waals surface area contributed by atoms with E-state index in [-0.39, 0.29) is 11.3 Å². The number of hydrogen-bond acceptors (Lipinski definition) is 4. The van der Waals surface area contributed by atoms with E-state index in [4.69, 9.17) is 15.2 Å². The molecule has 0 spiro atoms. The summed E-state index contributed by atoms with van der Waals surface area (Å²) in [6.07, 6.45) is -0.863. The molecule has 132 valence electrons. The SMILES string of the molecule is CCOc1ccc(NC(=O)[C@H](C)Oc2ccc(F)cc2)c(C(N)=O)c1. The zero-order valence-electron chi connectivity index (χ0n) is 13.9. The molecule has 7 heteroatoms. The molecule has 2 rings (SSSR count). The standard InChI is InChI=1S/C18H19FN2O4/c1-3-24-14-8-9-16(15(10-14)17(20)22)21-18(23)11(2)25-13-6-4-12(19)5-7-13/h4-11H,3H2,1-2H3,(H2,20,22)(H,21,23)/t11-/m0/s1. The molecule has 0 saturated heterocycles. The fourth-order valence-electron chi connectivity index (χ4n) is 2.10. The highest BCUT2D eigenvalue weighted by Gasteiger charge is 2.18. The predicted octanol–water partition coefficient (Wildman–Crippen LogP) is 2.73. The van der Waals surface area contributed by atoms with E-state index in [0.29, 0.717) is 18.1 Å². The Labute approximate surface area is 144 Å². The van der Waals surface area contributed by atoms with Crippen LogP contribution in [0.1, 0.15) is 24.2 Å². The molecule has 0 aliphatic carbocycles. The lowest BCUT2D eigenvalue weighted by atomic mass is 10.1. The summed E-state index contributed by atoms with van der Waals surface area (Å²) in [6, 6.07) is 9.93. The van der Waals surface area contributed by atoms with Crippen molar-refractivity contribution in [1.82, 2.24) is 0 Å². The molecule has 0 unspecified atom stereocenters. The molecule has 0 aromatic heterocycles. The smallest absolute Gasteiger partial charge is 0.265 e. The van der Waals surface area contributed by atoms with Crippen LogP contribution in [0, 0.1) is 5.82 Å². The Bertz CT molecular complexity index is 762. The summed E-state index contributed by atoms with van der Waals surface area (Å²) < 4.78 is 23.7. The van der Waals surface area contributed by atoms with Gasteiger partial charge in [0.05, 0.1) is 17.9 Å². The van der Waals surface area contributed by atoms with E-state index < -0.39 is 23.7 Å². The number of anilines is 1. The lowest BCUT2D eigenvalue weighted by Crippen LogP contribution is -2.31. The quantitative estimate of drug-likeness (QED) is 0.806. The minimum absolute atomic E-state index is 0.133. The van der Waals surface area contributed by atoms with Crippen molar-refractivity contribution in [2.45, 2.75) is 20.0 Å². The second kappa shape index (κ2) is 8.14. The normalized spacial score (nSPS) is 11.5. The van der Waals surface area contributed by atoms with Crippen LogP contribution in [-0.2, 0) is 4.79 Å². The van der Waals surface area contributed by atoms with Gasteiger partial charge in [-0.05, 0) is 56.3 Å². The van der Waals surface area contributed by atoms with Crippen LogP contribution < -0.4 is 20.5 Å². The second-order valence-electron chi connectivity index (χ2n) is 5.21. The van der Waals surface area contributed by atoms with E-state index in [0.717, 1.165) is 0 Å². The molecule has 0 fully saturated rings. The average molecular weight is 346 g/mol. The van der Waals surface area contributed by atoms with Crippen LogP contribution in [0.4, 0.5) is 10.1 Å². The summed E-state index contributed by atoms with van der Waals surface area (Å²) in [7, 11) is 0. The highest BCUT2D eigenvalue weighted by molar-refractivity contribution is 6.04. The van der Waals surface area contributed by atoms with Crippen molar-refractivity contribution in [3.63, 3.8) is 0 Å². The Morgan fingerprint density at radius 1 is 1.16 bits per heavy atom. The largest absolute Gasteiger partial charge is 0.494 e. The zero-order valence-corrected chi connectivity index (χ0v) is 13.9. The van der Waals surface area contributed by atoms with Crippen molar-refractivity contribution < 1.29 is 23.5 Å². The van der Waals surface area contributed by atoms with Gasteiger partial charge in [0.2, 0.25) is 0 Å². The Morgan fingerprint density at radius 3 is 2.40 bits per heavy atom. The highest BCUT2D eigenvalue weighted by atomic mass is 19.1. The first-order valence-electron chi connectivity index (χ1n) is 7.70. The molecule has 0 heterocycles. The first-order chi connectivity index (χ1) is 11.9. The number of rotatable bonds is 7. The van der Waals surface area contributed by atoms with E-state index in [1.54, 1.807) is 6.07 Å². The van der Waals surface area contributed by atoms with Crippen molar-refractivity contribution in [3.05, 3.63) is 53.8 Å². The van der Waals surface area contributed by atoms with Gasteiger partial charge in [-0.15, -0.1) is 0 Å². The second-order valence-corrected chi connectivity index (χ2v) is 5.21. The van der Waals surface area contributed by atoms with Gasteiger partial charge >= 0.3 is 0 Å². The third-order valence-corrected chi connectivity index (χ3v) is 3.32. The van der Waals surface area contributed by atoms with Crippen LogP contribution in [-0.4, -0.2) is 24.5 Å². The Morgan fingerprint density at radius 2 is 1.80 bits per heavy atom.